The van der Waals surface area contributed by atoms with Crippen molar-refractivity contribution in [2.24, 2.45) is 5.73 Å². The molecule has 0 aromatic carbocycles. The summed E-state index contributed by atoms with van der Waals surface area (Å²) in [6.45, 7) is 0. The van der Waals surface area contributed by atoms with E-state index in [2.05, 4.69) is 15.3 Å². The van der Waals surface area contributed by atoms with Crippen LogP contribution in [0.1, 0.15) is 19.3 Å². The van der Waals surface area contributed by atoms with Gasteiger partial charge in [-0.2, -0.15) is 0 Å². The normalized spacial score (nSPS) is 25.1. The zero-order valence-corrected chi connectivity index (χ0v) is 9.70. The van der Waals surface area contributed by atoms with E-state index in [4.69, 9.17) is 5.73 Å². The maximum atomic E-state index is 6.04. The lowest BCUT2D eigenvalue weighted by Crippen LogP contribution is -2.35. The average molecular weight is 234 g/mol. The minimum atomic E-state index is 0.255. The highest BCUT2D eigenvalue weighted by molar-refractivity contribution is 7.17. The van der Waals surface area contributed by atoms with Crippen LogP contribution in [-0.2, 0) is 0 Å². The Morgan fingerprint density at radius 3 is 3.12 bits per heavy atom. The van der Waals surface area contributed by atoms with E-state index in [-0.39, 0.29) is 6.04 Å². The van der Waals surface area contributed by atoms with Crippen molar-refractivity contribution in [3.05, 3.63) is 17.8 Å². The fourth-order valence-corrected chi connectivity index (χ4v) is 3.03. The maximum Gasteiger partial charge on any atom is 0.147 e. The first kappa shape index (κ1) is 9.99. The van der Waals surface area contributed by atoms with E-state index in [1.54, 1.807) is 17.7 Å². The van der Waals surface area contributed by atoms with Crippen LogP contribution in [0.2, 0.25) is 0 Å². The van der Waals surface area contributed by atoms with Gasteiger partial charge in [-0.3, -0.25) is 0 Å². The largest absolute Gasteiger partial charge is 0.364 e. The van der Waals surface area contributed by atoms with Crippen LogP contribution in [0.3, 0.4) is 0 Å². The van der Waals surface area contributed by atoms with E-state index in [1.165, 1.54) is 6.42 Å². The molecular formula is C11H14N4S. The van der Waals surface area contributed by atoms with Gasteiger partial charge in [0.15, 0.2) is 0 Å². The molecule has 84 valence electrons. The molecule has 2 atom stereocenters. The highest BCUT2D eigenvalue weighted by Crippen LogP contribution is 2.28. The molecule has 4 nitrogen and oxygen atoms in total. The fraction of sp³-hybridized carbons (Fsp3) is 0.455. The molecule has 2 heterocycles. The van der Waals surface area contributed by atoms with E-state index < -0.39 is 0 Å². The molecule has 3 N–H and O–H groups in total. The minimum Gasteiger partial charge on any atom is -0.364 e. The second-order valence-electron chi connectivity index (χ2n) is 4.20. The van der Waals surface area contributed by atoms with Gasteiger partial charge < -0.3 is 11.1 Å². The summed E-state index contributed by atoms with van der Waals surface area (Å²) in [5.74, 6) is 0.933. The number of fused-ring (bicyclic) bond motifs is 1. The molecule has 2 aromatic heterocycles. The molecule has 0 amide bonds. The highest BCUT2D eigenvalue weighted by atomic mass is 32.1. The smallest absolute Gasteiger partial charge is 0.147 e. The fourth-order valence-electron chi connectivity index (χ4n) is 2.24. The summed E-state index contributed by atoms with van der Waals surface area (Å²) in [5.41, 5.74) is 7.05. The van der Waals surface area contributed by atoms with Gasteiger partial charge in [0.25, 0.3) is 0 Å². The van der Waals surface area contributed by atoms with Crippen LogP contribution in [0.4, 0.5) is 5.82 Å². The van der Waals surface area contributed by atoms with Crippen molar-refractivity contribution in [3.63, 3.8) is 0 Å². The Balaban J connectivity index is 1.91. The van der Waals surface area contributed by atoms with Crippen molar-refractivity contribution in [2.45, 2.75) is 31.3 Å². The van der Waals surface area contributed by atoms with Crippen LogP contribution in [0.5, 0.6) is 0 Å². The molecule has 2 aromatic rings. The second-order valence-corrected chi connectivity index (χ2v) is 5.12. The molecule has 0 radical (unpaired) electrons. The number of rotatable bonds is 2. The van der Waals surface area contributed by atoms with Gasteiger partial charge in [-0.1, -0.05) is 0 Å². The Bertz CT molecular complexity index is 495. The van der Waals surface area contributed by atoms with Crippen molar-refractivity contribution in [1.82, 2.24) is 9.97 Å². The number of nitrogens with two attached hydrogens (primary N) is 1. The lowest BCUT2D eigenvalue weighted by molar-refractivity contribution is 0.636. The third-order valence-corrected chi connectivity index (χ3v) is 4.05. The molecule has 0 spiro atoms. The summed E-state index contributed by atoms with van der Waals surface area (Å²) in [5, 5.41) is 5.49. The predicted molar refractivity (Wildman–Crippen MR) is 66.7 cm³/mol. The number of nitrogens with zero attached hydrogens (tertiary/aromatic N) is 2. The third kappa shape index (κ3) is 1.66. The second kappa shape index (κ2) is 3.99. The SMILES string of the molecule is NC1CCCC1Nc1ncnc2ccsc12. The van der Waals surface area contributed by atoms with Crippen LogP contribution in [-0.4, -0.2) is 22.1 Å². The summed E-state index contributed by atoms with van der Waals surface area (Å²) in [6.07, 6.45) is 5.06. The quantitative estimate of drug-likeness (QED) is 0.834. The van der Waals surface area contributed by atoms with Crippen molar-refractivity contribution in [3.8, 4) is 0 Å². The lowest BCUT2D eigenvalue weighted by atomic mass is 10.2. The van der Waals surface area contributed by atoms with Gasteiger partial charge in [-0.15, -0.1) is 11.3 Å². The van der Waals surface area contributed by atoms with Crippen LogP contribution < -0.4 is 11.1 Å². The summed E-state index contributed by atoms with van der Waals surface area (Å²) < 4.78 is 1.13. The summed E-state index contributed by atoms with van der Waals surface area (Å²) in [6, 6.07) is 2.63. The molecule has 16 heavy (non-hydrogen) atoms. The maximum absolute atomic E-state index is 6.04. The molecule has 2 unspecified atom stereocenters. The van der Waals surface area contributed by atoms with Crippen LogP contribution >= 0.6 is 11.3 Å². The highest BCUT2D eigenvalue weighted by Gasteiger charge is 2.24. The number of hydrogen-bond donors (Lipinski definition) is 2. The molecule has 1 fully saturated rings. The van der Waals surface area contributed by atoms with Crippen LogP contribution in [0.15, 0.2) is 17.8 Å². The molecule has 0 saturated heterocycles. The molecule has 3 rings (SSSR count). The summed E-state index contributed by atoms with van der Waals surface area (Å²) in [4.78, 5) is 8.53. The van der Waals surface area contributed by atoms with Crippen LogP contribution in [0.25, 0.3) is 10.2 Å². The lowest BCUT2D eigenvalue weighted by Gasteiger charge is -2.17. The first-order chi connectivity index (χ1) is 7.84. The standard InChI is InChI=1S/C11H14N4S/c12-7-2-1-3-8(7)15-11-10-9(4-5-16-10)13-6-14-11/h4-8H,1-3,12H2,(H,13,14,15). The zero-order chi connectivity index (χ0) is 11.0. The Kier molecular flexibility index (Phi) is 2.49. The van der Waals surface area contributed by atoms with Gasteiger partial charge in [-0.05, 0) is 30.7 Å². The summed E-state index contributed by atoms with van der Waals surface area (Å²) in [7, 11) is 0. The monoisotopic (exact) mass is 234 g/mol. The van der Waals surface area contributed by atoms with E-state index in [0.29, 0.717) is 6.04 Å². The molecule has 1 aliphatic rings. The van der Waals surface area contributed by atoms with Gasteiger partial charge in [-0.25, -0.2) is 9.97 Å². The Morgan fingerprint density at radius 1 is 1.38 bits per heavy atom. The molecular weight excluding hydrogens is 220 g/mol. The molecule has 1 aliphatic carbocycles. The first-order valence-electron chi connectivity index (χ1n) is 5.55. The first-order valence-corrected chi connectivity index (χ1v) is 6.43. The number of thiophene rings is 1. The van der Waals surface area contributed by atoms with Gasteiger partial charge >= 0.3 is 0 Å². The van der Waals surface area contributed by atoms with E-state index in [9.17, 15) is 0 Å². The Hall–Kier alpha value is -1.20. The van der Waals surface area contributed by atoms with E-state index in [0.717, 1.165) is 28.9 Å². The predicted octanol–water partition coefficient (Wildman–Crippen LogP) is 1.98. The minimum absolute atomic E-state index is 0.255. The van der Waals surface area contributed by atoms with Crippen molar-refractivity contribution < 1.29 is 0 Å². The molecule has 0 aliphatic heterocycles. The van der Waals surface area contributed by atoms with Gasteiger partial charge in [0.1, 0.15) is 12.1 Å². The Morgan fingerprint density at radius 2 is 2.31 bits per heavy atom. The van der Waals surface area contributed by atoms with Gasteiger partial charge in [0.2, 0.25) is 0 Å². The summed E-state index contributed by atoms with van der Waals surface area (Å²) >= 11 is 1.67. The third-order valence-electron chi connectivity index (χ3n) is 3.13. The molecule has 5 heteroatoms. The van der Waals surface area contributed by atoms with Crippen molar-refractivity contribution in [2.75, 3.05) is 5.32 Å². The van der Waals surface area contributed by atoms with E-state index in [1.807, 2.05) is 11.4 Å². The number of aromatic nitrogens is 2. The van der Waals surface area contributed by atoms with Crippen LogP contribution in [0, 0.1) is 0 Å². The Labute approximate surface area is 97.9 Å². The average Bonchev–Trinajstić information content (AvgIpc) is 2.89. The number of hydrogen-bond acceptors (Lipinski definition) is 5. The molecule has 1 saturated carbocycles. The van der Waals surface area contributed by atoms with Gasteiger partial charge in [0, 0.05) is 12.1 Å². The zero-order valence-electron chi connectivity index (χ0n) is 8.89. The van der Waals surface area contributed by atoms with Crippen molar-refractivity contribution in [1.29, 1.82) is 0 Å². The molecule has 0 bridgehead atoms. The van der Waals surface area contributed by atoms with E-state index >= 15 is 0 Å². The number of anilines is 1. The topological polar surface area (TPSA) is 63.8 Å². The van der Waals surface area contributed by atoms with Gasteiger partial charge in [0.05, 0.1) is 10.2 Å². The number of nitrogens with one attached hydrogen (secondary N) is 1. The van der Waals surface area contributed by atoms with Crippen molar-refractivity contribution >= 4 is 27.4 Å².